The summed E-state index contributed by atoms with van der Waals surface area (Å²) >= 11 is 0. The Morgan fingerprint density at radius 2 is 2.04 bits per heavy atom. The molecule has 0 spiro atoms. The number of hydrogen-bond acceptors (Lipinski definition) is 3. The summed E-state index contributed by atoms with van der Waals surface area (Å²) < 4.78 is 6.01. The molecule has 1 aliphatic heterocycles. The highest BCUT2D eigenvalue weighted by Gasteiger charge is 2.19. The van der Waals surface area contributed by atoms with Gasteiger partial charge < -0.3 is 15.0 Å². The van der Waals surface area contributed by atoms with Crippen molar-refractivity contribution in [2.75, 3.05) is 26.2 Å². The second-order valence-electron chi connectivity index (χ2n) is 8.03. The average Bonchev–Trinajstić information content (AvgIpc) is 2.66. The van der Waals surface area contributed by atoms with E-state index in [1.807, 2.05) is 19.1 Å². The van der Waals surface area contributed by atoms with Gasteiger partial charge in [-0.15, -0.1) is 0 Å². The Hall–Kier alpha value is -1.55. The maximum atomic E-state index is 12.4. The number of nitrogens with one attached hydrogen (secondary N) is 1. The minimum absolute atomic E-state index is 0.00863. The molecule has 0 bridgehead atoms. The molecule has 0 saturated carbocycles. The lowest BCUT2D eigenvalue weighted by atomic mass is 9.91. The Morgan fingerprint density at radius 1 is 1.27 bits per heavy atom. The van der Waals surface area contributed by atoms with Crippen molar-refractivity contribution in [2.45, 2.75) is 64.9 Å². The van der Waals surface area contributed by atoms with Gasteiger partial charge in [0.1, 0.15) is 5.75 Å². The van der Waals surface area contributed by atoms with Crippen molar-refractivity contribution in [3.63, 3.8) is 0 Å². The van der Waals surface area contributed by atoms with Crippen molar-refractivity contribution in [1.82, 2.24) is 10.2 Å². The molecule has 1 atom stereocenters. The van der Waals surface area contributed by atoms with Crippen LogP contribution in [-0.2, 0) is 17.6 Å². The summed E-state index contributed by atoms with van der Waals surface area (Å²) in [5.74, 6) is 1.76. The quantitative estimate of drug-likeness (QED) is 0.758. The average molecular weight is 359 g/mol. The fourth-order valence-corrected chi connectivity index (χ4v) is 4.04. The van der Waals surface area contributed by atoms with Gasteiger partial charge in [-0.05, 0) is 94.6 Å². The first-order chi connectivity index (χ1) is 12.6. The lowest BCUT2D eigenvalue weighted by molar-refractivity contribution is -0.127. The predicted octanol–water partition coefficient (Wildman–Crippen LogP) is 3.57. The van der Waals surface area contributed by atoms with Crippen molar-refractivity contribution in [1.29, 1.82) is 0 Å². The minimum Gasteiger partial charge on any atom is -0.481 e. The third-order valence-corrected chi connectivity index (χ3v) is 5.85. The van der Waals surface area contributed by atoms with Crippen LogP contribution in [0.4, 0.5) is 0 Å². The van der Waals surface area contributed by atoms with Crippen LogP contribution in [-0.4, -0.2) is 43.1 Å². The van der Waals surface area contributed by atoms with E-state index in [9.17, 15) is 4.79 Å². The van der Waals surface area contributed by atoms with Gasteiger partial charge in [0.15, 0.2) is 6.10 Å². The lowest BCUT2D eigenvalue weighted by Gasteiger charge is -2.30. The molecule has 0 aromatic heterocycles. The third kappa shape index (κ3) is 5.23. The summed E-state index contributed by atoms with van der Waals surface area (Å²) in [6.45, 7) is 8.40. The number of nitrogens with zero attached hydrogens (tertiary/aromatic N) is 1. The normalized spacial score (nSPS) is 19.6. The van der Waals surface area contributed by atoms with E-state index in [0.29, 0.717) is 0 Å². The third-order valence-electron chi connectivity index (χ3n) is 5.85. The highest BCUT2D eigenvalue weighted by Crippen LogP contribution is 2.30. The number of rotatable bonds is 7. The molecular formula is C22H34N2O2. The molecule has 2 aliphatic rings. The van der Waals surface area contributed by atoms with Crippen LogP contribution in [0.25, 0.3) is 0 Å². The highest BCUT2D eigenvalue weighted by atomic mass is 16.5. The Kier molecular flexibility index (Phi) is 6.95. The summed E-state index contributed by atoms with van der Waals surface area (Å²) in [6.07, 6.45) is 7.83. The lowest BCUT2D eigenvalue weighted by Crippen LogP contribution is -2.39. The molecular weight excluding hydrogens is 324 g/mol. The number of hydrogen-bond donors (Lipinski definition) is 1. The first-order valence-corrected chi connectivity index (χ1v) is 10.4. The van der Waals surface area contributed by atoms with E-state index < -0.39 is 6.10 Å². The molecule has 1 aliphatic carbocycles. The van der Waals surface area contributed by atoms with Gasteiger partial charge in [0.05, 0.1) is 0 Å². The molecule has 1 fully saturated rings. The van der Waals surface area contributed by atoms with Crippen LogP contribution in [0.15, 0.2) is 18.2 Å². The molecule has 1 saturated heterocycles. The molecule has 1 amide bonds. The highest BCUT2D eigenvalue weighted by molar-refractivity contribution is 5.80. The summed E-state index contributed by atoms with van der Waals surface area (Å²) in [5, 5.41) is 3.04. The number of ether oxygens (including phenoxy) is 1. The first kappa shape index (κ1) is 19.2. The van der Waals surface area contributed by atoms with Gasteiger partial charge in [-0.3, -0.25) is 4.79 Å². The molecule has 0 radical (unpaired) electrons. The maximum absolute atomic E-state index is 12.4. The van der Waals surface area contributed by atoms with Crippen LogP contribution in [0.2, 0.25) is 0 Å². The van der Waals surface area contributed by atoms with Crippen LogP contribution < -0.4 is 10.1 Å². The molecule has 1 aromatic carbocycles. The van der Waals surface area contributed by atoms with E-state index >= 15 is 0 Å². The summed E-state index contributed by atoms with van der Waals surface area (Å²) in [4.78, 5) is 14.9. The van der Waals surface area contributed by atoms with E-state index in [1.165, 1.54) is 49.9 Å². The van der Waals surface area contributed by atoms with E-state index in [0.717, 1.165) is 44.0 Å². The number of fused-ring (bicyclic) bond motifs is 1. The number of benzene rings is 1. The van der Waals surface area contributed by atoms with Gasteiger partial charge >= 0.3 is 0 Å². The van der Waals surface area contributed by atoms with E-state index in [-0.39, 0.29) is 5.91 Å². The van der Waals surface area contributed by atoms with Gasteiger partial charge in [0.25, 0.3) is 5.91 Å². The smallest absolute Gasteiger partial charge is 0.260 e. The van der Waals surface area contributed by atoms with Crippen LogP contribution >= 0.6 is 0 Å². The number of aryl methyl sites for hydroxylation is 1. The number of carbonyl (C=O) groups excluding carboxylic acids is 1. The SMILES string of the molecule is CC1CCN(CCCNC(=O)C(C)Oc2cccc3c2CCCC3)CC1. The van der Waals surface area contributed by atoms with E-state index in [2.05, 4.69) is 23.2 Å². The Bertz CT molecular complexity index is 594. The second-order valence-corrected chi connectivity index (χ2v) is 8.03. The first-order valence-electron chi connectivity index (χ1n) is 10.4. The van der Waals surface area contributed by atoms with Gasteiger partial charge in [-0.1, -0.05) is 19.1 Å². The summed E-state index contributed by atoms with van der Waals surface area (Å²) in [7, 11) is 0. The topological polar surface area (TPSA) is 41.6 Å². The Morgan fingerprint density at radius 3 is 2.85 bits per heavy atom. The second kappa shape index (κ2) is 9.40. The summed E-state index contributed by atoms with van der Waals surface area (Å²) in [6, 6.07) is 6.24. The van der Waals surface area contributed by atoms with Crippen molar-refractivity contribution in [3.05, 3.63) is 29.3 Å². The number of amides is 1. The number of piperidine rings is 1. The molecule has 4 heteroatoms. The molecule has 3 rings (SSSR count). The fraction of sp³-hybridized carbons (Fsp3) is 0.682. The van der Waals surface area contributed by atoms with Gasteiger partial charge in [-0.2, -0.15) is 0 Å². The van der Waals surface area contributed by atoms with Crippen molar-refractivity contribution < 1.29 is 9.53 Å². The molecule has 1 aromatic rings. The van der Waals surface area contributed by atoms with E-state index in [1.54, 1.807) is 0 Å². The van der Waals surface area contributed by atoms with E-state index in [4.69, 9.17) is 4.74 Å². The Balaban J connectivity index is 1.40. The molecule has 26 heavy (non-hydrogen) atoms. The zero-order valence-corrected chi connectivity index (χ0v) is 16.4. The van der Waals surface area contributed by atoms with Gasteiger partial charge in [-0.25, -0.2) is 0 Å². The van der Waals surface area contributed by atoms with Gasteiger partial charge in [0.2, 0.25) is 0 Å². The monoisotopic (exact) mass is 358 g/mol. The van der Waals surface area contributed by atoms with Crippen molar-refractivity contribution in [2.24, 2.45) is 5.92 Å². The van der Waals surface area contributed by atoms with Crippen molar-refractivity contribution >= 4 is 5.91 Å². The molecule has 4 nitrogen and oxygen atoms in total. The molecule has 1 unspecified atom stereocenters. The van der Waals surface area contributed by atoms with Gasteiger partial charge in [0, 0.05) is 6.54 Å². The fourth-order valence-electron chi connectivity index (χ4n) is 4.04. The summed E-state index contributed by atoms with van der Waals surface area (Å²) in [5.41, 5.74) is 2.69. The number of carbonyl (C=O) groups is 1. The van der Waals surface area contributed by atoms with Crippen LogP contribution in [0.5, 0.6) is 5.75 Å². The molecule has 1 N–H and O–H groups in total. The molecule has 1 heterocycles. The van der Waals surface area contributed by atoms with Crippen LogP contribution in [0.3, 0.4) is 0 Å². The van der Waals surface area contributed by atoms with Crippen LogP contribution in [0, 0.1) is 5.92 Å². The van der Waals surface area contributed by atoms with Crippen molar-refractivity contribution in [3.8, 4) is 5.75 Å². The number of likely N-dealkylation sites (tertiary alicyclic amines) is 1. The zero-order valence-electron chi connectivity index (χ0n) is 16.4. The Labute approximate surface area is 158 Å². The molecule has 144 valence electrons. The largest absolute Gasteiger partial charge is 0.481 e. The standard InChI is InChI=1S/C22H34N2O2/c1-17-11-15-24(16-12-17)14-6-13-23-22(25)18(2)26-21-10-5-8-19-7-3-4-9-20(19)21/h5,8,10,17-18H,3-4,6-7,9,11-16H2,1-2H3,(H,23,25). The van der Waals surface area contributed by atoms with Crippen LogP contribution in [0.1, 0.15) is 57.1 Å². The zero-order chi connectivity index (χ0) is 18.4. The predicted molar refractivity (Wildman–Crippen MR) is 106 cm³/mol. The minimum atomic E-state index is -0.445. The maximum Gasteiger partial charge on any atom is 0.260 e.